The van der Waals surface area contributed by atoms with E-state index in [2.05, 4.69) is 24.1 Å². The highest BCUT2D eigenvalue weighted by Gasteiger charge is 2.66. The summed E-state index contributed by atoms with van der Waals surface area (Å²) in [5.74, 6) is 4.69. The number of terminal acetylenes is 1. The molecule has 2 aromatic rings. The molecule has 0 unspecified atom stereocenters. The van der Waals surface area contributed by atoms with Crippen molar-refractivity contribution in [2.45, 2.75) is 74.8 Å². The van der Waals surface area contributed by atoms with Gasteiger partial charge in [-0.2, -0.15) is 4.31 Å². The SMILES string of the molecule is C#CCCc1cc2c(o1)[C@H]1N3C(=O)CCC/C=C\[C@@H]3C[C@]13CN(S(=O)(=O)c1ccc(C)cc1)CC[C@H]23. The Morgan fingerprint density at radius 3 is 2.83 bits per heavy atom. The molecule has 1 aliphatic carbocycles. The number of amides is 1. The summed E-state index contributed by atoms with van der Waals surface area (Å²) in [5.41, 5.74) is 1.78. The van der Waals surface area contributed by atoms with Crippen molar-refractivity contribution in [2.24, 2.45) is 5.41 Å². The van der Waals surface area contributed by atoms with Crippen LogP contribution < -0.4 is 0 Å². The van der Waals surface area contributed by atoms with Gasteiger partial charge in [0.15, 0.2) is 0 Å². The Hall–Kier alpha value is -2.82. The number of allylic oxidation sites excluding steroid dienone is 1. The summed E-state index contributed by atoms with van der Waals surface area (Å²) in [7, 11) is -3.65. The molecule has 6 rings (SSSR count). The van der Waals surface area contributed by atoms with Crippen molar-refractivity contribution in [3.8, 4) is 12.3 Å². The minimum absolute atomic E-state index is 0.0419. The van der Waals surface area contributed by atoms with E-state index in [9.17, 15) is 13.2 Å². The molecular weight excluding hydrogens is 472 g/mol. The fraction of sp³-hybridized carbons (Fsp3) is 0.483. The predicted octanol–water partition coefficient (Wildman–Crippen LogP) is 4.71. The highest BCUT2D eigenvalue weighted by atomic mass is 32.2. The number of fused-ring (bicyclic) bond motifs is 5. The third kappa shape index (κ3) is 3.49. The van der Waals surface area contributed by atoms with Crippen LogP contribution in [0.15, 0.2) is 51.8 Å². The molecule has 0 radical (unpaired) electrons. The topological polar surface area (TPSA) is 70.8 Å². The van der Waals surface area contributed by atoms with E-state index in [0.29, 0.717) is 43.7 Å². The van der Waals surface area contributed by atoms with Crippen LogP contribution in [0.3, 0.4) is 0 Å². The molecule has 7 heteroatoms. The van der Waals surface area contributed by atoms with Gasteiger partial charge in [-0.1, -0.05) is 29.8 Å². The van der Waals surface area contributed by atoms with Crippen LogP contribution in [0, 0.1) is 24.7 Å². The summed E-state index contributed by atoms with van der Waals surface area (Å²) in [6, 6.07) is 8.90. The lowest BCUT2D eigenvalue weighted by Gasteiger charge is -2.44. The van der Waals surface area contributed by atoms with Crippen molar-refractivity contribution in [1.29, 1.82) is 0 Å². The number of sulfonamides is 1. The monoisotopic (exact) mass is 504 g/mol. The second kappa shape index (κ2) is 8.64. The van der Waals surface area contributed by atoms with Crippen LogP contribution in [0.4, 0.5) is 0 Å². The van der Waals surface area contributed by atoms with Crippen LogP contribution in [0.25, 0.3) is 0 Å². The summed E-state index contributed by atoms with van der Waals surface area (Å²) < 4.78 is 35.6. The number of carbonyl (C=O) groups excluding carboxylic acids is 1. The van der Waals surface area contributed by atoms with Crippen molar-refractivity contribution in [1.82, 2.24) is 9.21 Å². The standard InChI is InChI=1S/C29H32N2O4S/c1-3-4-9-22-17-24-25-15-16-30(36(33,34)23-13-11-20(2)12-14-23)19-29(25)18-21-8-6-5-7-10-26(32)31(21)28(29)27(24)35-22/h1,6,8,11-14,17,21,25,28H,4-5,7,9-10,15-16,18-19H2,2H3/b8-6-/t21-,25-,28-,29-/m1/s1. The van der Waals surface area contributed by atoms with Gasteiger partial charge in [-0.05, 0) is 62.3 Å². The van der Waals surface area contributed by atoms with Gasteiger partial charge in [-0.25, -0.2) is 8.42 Å². The molecular formula is C29H32N2O4S. The van der Waals surface area contributed by atoms with Crippen molar-refractivity contribution >= 4 is 15.9 Å². The average molecular weight is 505 g/mol. The highest BCUT2D eigenvalue weighted by molar-refractivity contribution is 7.89. The van der Waals surface area contributed by atoms with Gasteiger partial charge in [0.05, 0.1) is 17.0 Å². The Bertz CT molecular complexity index is 1370. The predicted molar refractivity (Wildman–Crippen MR) is 137 cm³/mol. The fourth-order valence-corrected chi connectivity index (χ4v) is 8.60. The number of benzene rings is 1. The van der Waals surface area contributed by atoms with Gasteiger partial charge in [0.1, 0.15) is 11.5 Å². The smallest absolute Gasteiger partial charge is 0.243 e. The molecule has 0 N–H and O–H groups in total. The molecule has 4 heterocycles. The van der Waals surface area contributed by atoms with Gasteiger partial charge in [0.25, 0.3) is 0 Å². The quantitative estimate of drug-likeness (QED) is 0.447. The van der Waals surface area contributed by atoms with E-state index >= 15 is 0 Å². The maximum atomic E-state index is 13.7. The Morgan fingerprint density at radius 1 is 1.25 bits per heavy atom. The zero-order valence-electron chi connectivity index (χ0n) is 20.7. The molecule has 1 amide bonds. The molecule has 0 bridgehead atoms. The van der Waals surface area contributed by atoms with Crippen molar-refractivity contribution in [3.05, 3.63) is 65.1 Å². The van der Waals surface area contributed by atoms with Crippen molar-refractivity contribution < 1.29 is 17.6 Å². The molecule has 1 aromatic heterocycles. The minimum atomic E-state index is -3.65. The van der Waals surface area contributed by atoms with Gasteiger partial charge in [-0.3, -0.25) is 4.79 Å². The Morgan fingerprint density at radius 2 is 2.06 bits per heavy atom. The molecule has 188 valence electrons. The van der Waals surface area contributed by atoms with E-state index in [0.717, 1.165) is 41.9 Å². The summed E-state index contributed by atoms with van der Waals surface area (Å²) in [4.78, 5) is 15.8. The van der Waals surface area contributed by atoms with E-state index in [-0.39, 0.29) is 23.9 Å². The molecule has 1 aromatic carbocycles. The Labute approximate surface area is 213 Å². The Kier molecular flexibility index (Phi) is 5.66. The zero-order chi connectivity index (χ0) is 25.1. The molecule has 4 aliphatic rings. The third-order valence-corrected chi connectivity index (χ3v) is 10.5. The van der Waals surface area contributed by atoms with Crippen LogP contribution in [0.1, 0.15) is 73.1 Å². The van der Waals surface area contributed by atoms with E-state index in [4.69, 9.17) is 10.8 Å². The van der Waals surface area contributed by atoms with Gasteiger partial charge in [-0.15, -0.1) is 12.3 Å². The molecule has 3 aliphatic heterocycles. The zero-order valence-corrected chi connectivity index (χ0v) is 21.5. The van der Waals surface area contributed by atoms with Crippen LogP contribution >= 0.6 is 0 Å². The van der Waals surface area contributed by atoms with Crippen molar-refractivity contribution in [2.75, 3.05) is 13.1 Å². The molecule has 1 spiro atoms. The largest absolute Gasteiger partial charge is 0.464 e. The van der Waals surface area contributed by atoms with Gasteiger partial charge in [0, 0.05) is 37.8 Å². The molecule has 4 atom stereocenters. The Balaban J connectivity index is 1.43. The van der Waals surface area contributed by atoms with E-state index in [1.54, 1.807) is 16.4 Å². The number of nitrogens with zero attached hydrogens (tertiary/aromatic N) is 2. The maximum absolute atomic E-state index is 13.7. The lowest BCUT2D eigenvalue weighted by atomic mass is 9.69. The van der Waals surface area contributed by atoms with E-state index in [1.807, 2.05) is 24.0 Å². The van der Waals surface area contributed by atoms with Crippen LogP contribution in [-0.2, 0) is 21.2 Å². The number of furan rings is 1. The van der Waals surface area contributed by atoms with E-state index in [1.165, 1.54) is 0 Å². The first-order valence-electron chi connectivity index (χ1n) is 13.0. The number of aryl methyl sites for hydroxylation is 2. The second-order valence-electron chi connectivity index (χ2n) is 10.8. The summed E-state index contributed by atoms with van der Waals surface area (Å²) in [6.45, 7) is 2.79. The second-order valence-corrected chi connectivity index (χ2v) is 12.7. The maximum Gasteiger partial charge on any atom is 0.243 e. The van der Waals surface area contributed by atoms with Gasteiger partial charge < -0.3 is 9.32 Å². The number of hydrogen-bond acceptors (Lipinski definition) is 4. The van der Waals surface area contributed by atoms with Crippen LogP contribution in [0.2, 0.25) is 0 Å². The lowest BCUT2D eigenvalue weighted by Crippen LogP contribution is -2.50. The normalized spacial score (nSPS) is 30.5. The molecule has 0 saturated carbocycles. The highest BCUT2D eigenvalue weighted by Crippen LogP contribution is 2.67. The first-order valence-corrected chi connectivity index (χ1v) is 14.4. The van der Waals surface area contributed by atoms with Gasteiger partial charge in [0.2, 0.25) is 15.9 Å². The fourth-order valence-electron chi connectivity index (χ4n) is 7.07. The molecule has 2 fully saturated rings. The molecule has 2 saturated heterocycles. The number of piperidine rings is 1. The van der Waals surface area contributed by atoms with E-state index < -0.39 is 15.4 Å². The van der Waals surface area contributed by atoms with Crippen molar-refractivity contribution in [3.63, 3.8) is 0 Å². The molecule has 6 nitrogen and oxygen atoms in total. The lowest BCUT2D eigenvalue weighted by molar-refractivity contribution is -0.135. The van der Waals surface area contributed by atoms with Crippen LogP contribution in [-0.4, -0.2) is 42.7 Å². The number of rotatable bonds is 4. The first kappa shape index (κ1) is 23.6. The summed E-state index contributed by atoms with van der Waals surface area (Å²) in [6.07, 6.45) is 14.8. The number of carbonyl (C=O) groups is 1. The first-order chi connectivity index (χ1) is 17.3. The summed E-state index contributed by atoms with van der Waals surface area (Å²) in [5, 5.41) is 0. The molecule has 36 heavy (non-hydrogen) atoms. The number of hydrogen-bond donors (Lipinski definition) is 0. The van der Waals surface area contributed by atoms with Crippen LogP contribution in [0.5, 0.6) is 0 Å². The average Bonchev–Trinajstić information content (AvgIpc) is 3.46. The minimum Gasteiger partial charge on any atom is -0.464 e. The summed E-state index contributed by atoms with van der Waals surface area (Å²) >= 11 is 0. The third-order valence-electron chi connectivity index (χ3n) is 8.65. The van der Waals surface area contributed by atoms with Gasteiger partial charge >= 0.3 is 0 Å².